The average Bonchev–Trinajstić information content (AvgIpc) is 3.33. The van der Waals surface area contributed by atoms with Crippen LogP contribution in [0.3, 0.4) is 0 Å². The monoisotopic (exact) mass is 942 g/mol. The molecule has 0 bridgehead atoms. The molecule has 0 aliphatic heterocycles. The first-order chi connectivity index (χ1) is 33.0. The zero-order valence-electron chi connectivity index (χ0n) is 44.9. The lowest BCUT2D eigenvalue weighted by molar-refractivity contribution is -0.143. The molecule has 3 N–H and O–H groups in total. The second-order valence-corrected chi connectivity index (χ2v) is 20.3. The van der Waals surface area contributed by atoms with Gasteiger partial charge >= 0.3 is 5.97 Å². The number of amides is 1. The number of carbonyl (C=O) groups excluding carboxylic acids is 2. The van der Waals surface area contributed by atoms with Crippen LogP contribution >= 0.6 is 0 Å². The van der Waals surface area contributed by atoms with Crippen molar-refractivity contribution >= 4 is 11.9 Å². The molecular weight excluding hydrogens is 827 g/mol. The minimum Gasteiger partial charge on any atom is -0.466 e. The Balaban J connectivity index is 3.43. The van der Waals surface area contributed by atoms with Gasteiger partial charge in [-0.05, 0) is 64.2 Å². The van der Waals surface area contributed by atoms with Crippen LogP contribution in [0.4, 0.5) is 0 Å². The SMILES string of the molecule is CCCCCC/C=C\C/C=C\CCCCCCCC(=O)OCCCCCCCCCCCCCCCCCCCCCC(=O)NC(CO)C(O)/C=C/CCCCCCCCCCCCCCC. The predicted molar refractivity (Wildman–Crippen MR) is 292 cm³/mol. The number of aliphatic hydroxyl groups is 2. The third-order valence-corrected chi connectivity index (χ3v) is 13.7. The van der Waals surface area contributed by atoms with Crippen molar-refractivity contribution in [1.29, 1.82) is 0 Å². The summed E-state index contributed by atoms with van der Waals surface area (Å²) < 4.78 is 5.48. The number of ether oxygens (including phenoxy) is 1. The molecule has 0 spiro atoms. The number of esters is 1. The summed E-state index contributed by atoms with van der Waals surface area (Å²) in [5.74, 6) is -0.0756. The first-order valence-corrected chi connectivity index (χ1v) is 29.8. The molecule has 0 aromatic heterocycles. The zero-order valence-corrected chi connectivity index (χ0v) is 44.9. The molecule has 394 valence electrons. The third kappa shape index (κ3) is 53.3. The van der Waals surface area contributed by atoms with E-state index in [0.29, 0.717) is 19.4 Å². The molecule has 0 fully saturated rings. The highest BCUT2D eigenvalue weighted by Gasteiger charge is 2.18. The number of hydrogen-bond donors (Lipinski definition) is 3. The Morgan fingerprint density at radius 1 is 0.418 bits per heavy atom. The van der Waals surface area contributed by atoms with Gasteiger partial charge in [0.05, 0.1) is 25.4 Å². The van der Waals surface area contributed by atoms with Crippen molar-refractivity contribution in [2.24, 2.45) is 0 Å². The van der Waals surface area contributed by atoms with Gasteiger partial charge in [0.25, 0.3) is 0 Å². The third-order valence-electron chi connectivity index (χ3n) is 13.7. The number of hydrogen-bond acceptors (Lipinski definition) is 5. The highest BCUT2D eigenvalue weighted by molar-refractivity contribution is 5.76. The van der Waals surface area contributed by atoms with E-state index in [1.165, 1.54) is 238 Å². The molecule has 0 rings (SSSR count). The number of aliphatic hydroxyl groups excluding tert-OH is 2. The molecule has 0 aliphatic carbocycles. The van der Waals surface area contributed by atoms with Crippen LogP contribution in [0.2, 0.25) is 0 Å². The number of nitrogens with one attached hydrogen (secondary N) is 1. The Labute approximate surface area is 417 Å². The van der Waals surface area contributed by atoms with Gasteiger partial charge in [-0.15, -0.1) is 0 Å². The standard InChI is InChI=1S/C61H115NO5/c1-3-5-7-9-11-13-15-17-19-27-31-35-39-43-47-51-55-61(66)67-56-52-48-44-40-36-32-28-24-22-20-21-23-26-30-34-38-42-46-50-54-60(65)62-58(57-63)59(64)53-49-45-41-37-33-29-25-18-16-14-12-10-8-6-4-2/h13,15,19,27,49,53,58-59,63-64H,3-12,14,16-18,20-26,28-48,50-52,54-57H2,1-2H3,(H,62,65)/b15-13-,27-19-,53-49+. The summed E-state index contributed by atoms with van der Waals surface area (Å²) in [4.78, 5) is 24.5. The van der Waals surface area contributed by atoms with Crippen molar-refractivity contribution in [1.82, 2.24) is 5.32 Å². The second kappa shape index (κ2) is 56.7. The van der Waals surface area contributed by atoms with Gasteiger partial charge in [-0.25, -0.2) is 0 Å². The first-order valence-electron chi connectivity index (χ1n) is 29.8. The fourth-order valence-corrected chi connectivity index (χ4v) is 9.08. The fraction of sp³-hybridized carbons (Fsp3) is 0.869. The largest absolute Gasteiger partial charge is 0.466 e. The van der Waals surface area contributed by atoms with E-state index in [0.717, 1.165) is 51.4 Å². The van der Waals surface area contributed by atoms with Crippen molar-refractivity contribution in [2.45, 2.75) is 328 Å². The van der Waals surface area contributed by atoms with Gasteiger partial charge in [0.15, 0.2) is 0 Å². The number of unbranched alkanes of at least 4 members (excludes halogenated alkanes) is 40. The van der Waals surface area contributed by atoms with Crippen LogP contribution in [0, 0.1) is 0 Å². The highest BCUT2D eigenvalue weighted by atomic mass is 16.5. The quantitative estimate of drug-likeness (QED) is 0.0321. The van der Waals surface area contributed by atoms with Crippen molar-refractivity contribution in [2.75, 3.05) is 13.2 Å². The lowest BCUT2D eigenvalue weighted by Gasteiger charge is -2.20. The number of carbonyl (C=O) groups is 2. The minimum atomic E-state index is -0.847. The van der Waals surface area contributed by atoms with E-state index in [4.69, 9.17) is 4.74 Å². The lowest BCUT2D eigenvalue weighted by atomic mass is 10.0. The average molecular weight is 943 g/mol. The van der Waals surface area contributed by atoms with E-state index in [-0.39, 0.29) is 18.5 Å². The second-order valence-electron chi connectivity index (χ2n) is 20.3. The minimum absolute atomic E-state index is 0.00523. The van der Waals surface area contributed by atoms with E-state index < -0.39 is 12.1 Å². The van der Waals surface area contributed by atoms with Crippen molar-refractivity contribution in [3.8, 4) is 0 Å². The summed E-state index contributed by atoms with van der Waals surface area (Å²) >= 11 is 0. The van der Waals surface area contributed by atoms with E-state index >= 15 is 0 Å². The summed E-state index contributed by atoms with van der Waals surface area (Å²) in [7, 11) is 0. The summed E-state index contributed by atoms with van der Waals surface area (Å²) in [5, 5.41) is 23.1. The van der Waals surface area contributed by atoms with E-state index in [2.05, 4.69) is 43.5 Å². The summed E-state index contributed by atoms with van der Waals surface area (Å²) in [6, 6.07) is -0.630. The molecule has 0 saturated heterocycles. The topological polar surface area (TPSA) is 95.9 Å². The van der Waals surface area contributed by atoms with Gasteiger partial charge in [-0.1, -0.05) is 275 Å². The van der Waals surface area contributed by atoms with E-state index in [1.807, 2.05) is 6.08 Å². The smallest absolute Gasteiger partial charge is 0.305 e. The van der Waals surface area contributed by atoms with Gasteiger partial charge < -0.3 is 20.3 Å². The summed E-state index contributed by atoms with van der Waals surface area (Å²) in [5.41, 5.74) is 0. The molecule has 2 atom stereocenters. The first kappa shape index (κ1) is 65.1. The Morgan fingerprint density at radius 3 is 1.15 bits per heavy atom. The molecule has 2 unspecified atom stereocenters. The molecule has 0 aromatic rings. The molecule has 67 heavy (non-hydrogen) atoms. The molecule has 0 saturated carbocycles. The number of rotatable bonds is 55. The van der Waals surface area contributed by atoms with Gasteiger partial charge in [0.1, 0.15) is 0 Å². The lowest BCUT2D eigenvalue weighted by Crippen LogP contribution is -2.45. The molecule has 6 nitrogen and oxygen atoms in total. The highest BCUT2D eigenvalue weighted by Crippen LogP contribution is 2.17. The molecular formula is C61H115NO5. The zero-order chi connectivity index (χ0) is 48.6. The van der Waals surface area contributed by atoms with Crippen molar-refractivity contribution in [3.05, 3.63) is 36.5 Å². The van der Waals surface area contributed by atoms with Crippen LogP contribution in [0.25, 0.3) is 0 Å². The van der Waals surface area contributed by atoms with E-state index in [9.17, 15) is 19.8 Å². The molecule has 0 radical (unpaired) electrons. The Hall–Kier alpha value is -1.92. The van der Waals surface area contributed by atoms with Gasteiger partial charge in [0, 0.05) is 12.8 Å². The van der Waals surface area contributed by atoms with Gasteiger partial charge in [-0.2, -0.15) is 0 Å². The molecule has 0 heterocycles. The summed E-state index contributed by atoms with van der Waals surface area (Å²) in [6.07, 6.45) is 70.2. The fourth-order valence-electron chi connectivity index (χ4n) is 9.08. The van der Waals surface area contributed by atoms with Gasteiger partial charge in [-0.3, -0.25) is 9.59 Å². The molecule has 6 heteroatoms. The van der Waals surface area contributed by atoms with Crippen LogP contribution in [0.1, 0.15) is 316 Å². The molecule has 0 aliphatic rings. The summed E-state index contributed by atoms with van der Waals surface area (Å²) in [6.45, 7) is 4.88. The van der Waals surface area contributed by atoms with Crippen LogP contribution in [-0.4, -0.2) is 47.4 Å². The predicted octanol–water partition coefficient (Wildman–Crippen LogP) is 18.4. The van der Waals surface area contributed by atoms with Crippen LogP contribution in [0.15, 0.2) is 36.5 Å². The van der Waals surface area contributed by atoms with Crippen LogP contribution < -0.4 is 5.32 Å². The van der Waals surface area contributed by atoms with Crippen molar-refractivity contribution < 1.29 is 24.5 Å². The Kier molecular flexibility index (Phi) is 55.0. The van der Waals surface area contributed by atoms with Crippen LogP contribution in [-0.2, 0) is 14.3 Å². The maximum atomic E-state index is 12.5. The van der Waals surface area contributed by atoms with Crippen LogP contribution in [0.5, 0.6) is 0 Å². The maximum Gasteiger partial charge on any atom is 0.305 e. The normalized spacial score (nSPS) is 12.8. The van der Waals surface area contributed by atoms with Crippen molar-refractivity contribution in [3.63, 3.8) is 0 Å². The van der Waals surface area contributed by atoms with Gasteiger partial charge in [0.2, 0.25) is 5.91 Å². The number of allylic oxidation sites excluding steroid dienone is 5. The molecule has 0 aromatic carbocycles. The Bertz CT molecular complexity index is 1090. The van der Waals surface area contributed by atoms with E-state index in [1.54, 1.807) is 6.08 Å². The maximum absolute atomic E-state index is 12.5. The Morgan fingerprint density at radius 2 is 0.746 bits per heavy atom. The molecule has 1 amide bonds.